The third-order valence-electron chi connectivity index (χ3n) is 3.44. The molecule has 7 nitrogen and oxygen atoms in total. The fraction of sp³-hybridized carbons (Fsp3) is 0.188. The summed E-state index contributed by atoms with van der Waals surface area (Å²) in [4.78, 5) is 11.3. The lowest BCUT2D eigenvalue weighted by atomic mass is 10.1. The van der Waals surface area contributed by atoms with Crippen molar-refractivity contribution in [3.63, 3.8) is 0 Å². The molecule has 1 amide bonds. The van der Waals surface area contributed by atoms with E-state index >= 15 is 0 Å². The lowest BCUT2D eigenvalue weighted by Crippen LogP contribution is -2.17. The van der Waals surface area contributed by atoms with Crippen molar-refractivity contribution >= 4 is 21.6 Å². The van der Waals surface area contributed by atoms with Crippen LogP contribution in [0.15, 0.2) is 41.3 Å². The third kappa shape index (κ3) is 3.60. The Kier molecular flexibility index (Phi) is 4.99. The van der Waals surface area contributed by atoms with Crippen LogP contribution in [0.2, 0.25) is 0 Å². The molecule has 0 saturated heterocycles. The van der Waals surface area contributed by atoms with Crippen LogP contribution in [0.25, 0.3) is 0 Å². The number of ether oxygens (including phenoxy) is 2. The van der Waals surface area contributed by atoms with Crippen molar-refractivity contribution in [1.82, 2.24) is 0 Å². The van der Waals surface area contributed by atoms with Crippen molar-refractivity contribution < 1.29 is 22.7 Å². The fourth-order valence-electron chi connectivity index (χ4n) is 2.12. The number of hydrogen-bond donors (Lipinski definition) is 2. The zero-order valence-electron chi connectivity index (χ0n) is 13.5. The molecule has 3 N–H and O–H groups in total. The molecule has 0 aliphatic rings. The number of aryl methyl sites for hydroxylation is 1. The molecule has 0 atom stereocenters. The van der Waals surface area contributed by atoms with Crippen LogP contribution in [0.3, 0.4) is 0 Å². The van der Waals surface area contributed by atoms with Crippen LogP contribution < -0.4 is 19.9 Å². The van der Waals surface area contributed by atoms with Gasteiger partial charge in [-0.1, -0.05) is 6.07 Å². The van der Waals surface area contributed by atoms with Crippen LogP contribution in [0.1, 0.15) is 15.9 Å². The van der Waals surface area contributed by atoms with Gasteiger partial charge in [-0.15, -0.1) is 0 Å². The molecule has 0 saturated carbocycles. The number of sulfonamides is 1. The second kappa shape index (κ2) is 6.79. The van der Waals surface area contributed by atoms with Gasteiger partial charge in [0.15, 0.2) is 0 Å². The number of nitrogens with two attached hydrogens (primary N) is 1. The lowest BCUT2D eigenvalue weighted by Gasteiger charge is -2.13. The van der Waals surface area contributed by atoms with Gasteiger partial charge in [0.25, 0.3) is 10.0 Å². The van der Waals surface area contributed by atoms with Crippen molar-refractivity contribution in [2.45, 2.75) is 11.8 Å². The van der Waals surface area contributed by atoms with E-state index in [0.717, 1.165) is 0 Å². The molecule has 0 bridgehead atoms. The summed E-state index contributed by atoms with van der Waals surface area (Å²) in [5.41, 5.74) is 6.27. The van der Waals surface area contributed by atoms with Crippen LogP contribution >= 0.6 is 0 Å². The first-order valence-corrected chi connectivity index (χ1v) is 8.42. The summed E-state index contributed by atoms with van der Waals surface area (Å²) in [7, 11) is -1.00. The predicted octanol–water partition coefficient (Wildman–Crippen LogP) is 1.91. The topological polar surface area (TPSA) is 108 Å². The molecule has 0 unspecified atom stereocenters. The van der Waals surface area contributed by atoms with E-state index in [0.29, 0.717) is 17.1 Å². The average molecular weight is 350 g/mol. The largest absolute Gasteiger partial charge is 0.497 e. The fourth-order valence-corrected chi connectivity index (χ4v) is 3.22. The number of carbonyl (C=O) groups excluding carboxylic acids is 1. The number of methoxy groups -OCH3 is 2. The Hall–Kier alpha value is -2.74. The number of anilines is 1. The van der Waals surface area contributed by atoms with Crippen molar-refractivity contribution in [1.29, 1.82) is 0 Å². The Morgan fingerprint density at radius 1 is 1.08 bits per heavy atom. The molecule has 2 rings (SSSR count). The highest BCUT2D eigenvalue weighted by Gasteiger charge is 2.19. The van der Waals surface area contributed by atoms with Crippen molar-refractivity contribution in [2.75, 3.05) is 18.9 Å². The second-order valence-corrected chi connectivity index (χ2v) is 6.70. The highest BCUT2D eigenvalue weighted by Crippen LogP contribution is 2.31. The Labute approximate surface area is 140 Å². The molecule has 2 aromatic rings. The molecular formula is C16H18N2O5S. The molecule has 0 aliphatic carbocycles. The molecule has 0 spiro atoms. The summed E-state index contributed by atoms with van der Waals surface area (Å²) >= 11 is 0. The van der Waals surface area contributed by atoms with Crippen LogP contribution in [-0.2, 0) is 10.0 Å². The van der Waals surface area contributed by atoms with Crippen LogP contribution in [0, 0.1) is 6.92 Å². The monoisotopic (exact) mass is 350 g/mol. The van der Waals surface area contributed by atoms with Crippen LogP contribution in [-0.4, -0.2) is 28.5 Å². The van der Waals surface area contributed by atoms with Gasteiger partial charge in [-0.3, -0.25) is 9.52 Å². The number of rotatable bonds is 6. The molecule has 0 heterocycles. The smallest absolute Gasteiger partial charge is 0.262 e. The Morgan fingerprint density at radius 3 is 2.38 bits per heavy atom. The first kappa shape index (κ1) is 17.6. The summed E-state index contributed by atoms with van der Waals surface area (Å²) in [5.74, 6) is 0.146. The molecule has 8 heteroatoms. The summed E-state index contributed by atoms with van der Waals surface area (Å²) in [6.07, 6.45) is 0. The number of primary amides is 1. The average Bonchev–Trinajstić information content (AvgIpc) is 2.54. The summed E-state index contributed by atoms with van der Waals surface area (Å²) < 4.78 is 37.8. The van der Waals surface area contributed by atoms with Gasteiger partial charge in [-0.25, -0.2) is 8.42 Å². The molecule has 128 valence electrons. The summed E-state index contributed by atoms with van der Waals surface area (Å²) in [5, 5.41) is 0. The van der Waals surface area contributed by atoms with Gasteiger partial charge in [0.05, 0.1) is 24.8 Å². The molecule has 0 aliphatic heterocycles. The third-order valence-corrected chi connectivity index (χ3v) is 4.80. The van der Waals surface area contributed by atoms with E-state index in [9.17, 15) is 13.2 Å². The number of nitrogens with one attached hydrogen (secondary N) is 1. The van der Waals surface area contributed by atoms with E-state index < -0.39 is 15.9 Å². The summed E-state index contributed by atoms with van der Waals surface area (Å²) in [6, 6.07) is 8.86. The van der Waals surface area contributed by atoms with E-state index in [-0.39, 0.29) is 16.1 Å². The van der Waals surface area contributed by atoms with E-state index in [2.05, 4.69) is 4.72 Å². The van der Waals surface area contributed by atoms with Crippen LogP contribution in [0.4, 0.5) is 5.69 Å². The van der Waals surface area contributed by atoms with Gasteiger partial charge >= 0.3 is 0 Å². The maximum Gasteiger partial charge on any atom is 0.262 e. The minimum absolute atomic E-state index is 0.0697. The second-order valence-electron chi connectivity index (χ2n) is 5.01. The standard InChI is InChI=1S/C16H18N2O5S/c1-10-4-6-12(9-13(10)16(17)19)24(20,21)18-14-7-5-11(22-2)8-15(14)23-3/h4-9,18H,1-3H3,(H2,17,19). The van der Waals surface area contributed by atoms with Gasteiger partial charge in [0.2, 0.25) is 5.91 Å². The first-order valence-electron chi connectivity index (χ1n) is 6.94. The molecule has 0 fully saturated rings. The predicted molar refractivity (Wildman–Crippen MR) is 90.1 cm³/mol. The van der Waals surface area contributed by atoms with Gasteiger partial charge in [-0.2, -0.15) is 0 Å². The molecule has 24 heavy (non-hydrogen) atoms. The van der Waals surface area contributed by atoms with E-state index in [1.165, 1.54) is 38.5 Å². The number of amides is 1. The highest BCUT2D eigenvalue weighted by atomic mass is 32.2. The van der Waals surface area contributed by atoms with Crippen molar-refractivity contribution in [2.24, 2.45) is 5.73 Å². The van der Waals surface area contributed by atoms with Crippen molar-refractivity contribution in [3.05, 3.63) is 47.5 Å². The zero-order valence-corrected chi connectivity index (χ0v) is 14.3. The first-order chi connectivity index (χ1) is 11.3. The summed E-state index contributed by atoms with van der Waals surface area (Å²) in [6.45, 7) is 1.68. The molecule has 0 aromatic heterocycles. The molecule has 2 aromatic carbocycles. The minimum Gasteiger partial charge on any atom is -0.497 e. The molecule has 0 radical (unpaired) electrons. The minimum atomic E-state index is -3.92. The van der Waals surface area contributed by atoms with E-state index in [4.69, 9.17) is 15.2 Å². The van der Waals surface area contributed by atoms with Crippen molar-refractivity contribution in [3.8, 4) is 11.5 Å². The number of benzene rings is 2. The van der Waals surface area contributed by atoms with E-state index in [1.54, 1.807) is 19.1 Å². The highest BCUT2D eigenvalue weighted by molar-refractivity contribution is 7.92. The number of hydrogen-bond acceptors (Lipinski definition) is 5. The van der Waals surface area contributed by atoms with E-state index in [1.807, 2.05) is 0 Å². The molecular weight excluding hydrogens is 332 g/mol. The van der Waals surface area contributed by atoms with Gasteiger partial charge in [0.1, 0.15) is 11.5 Å². The SMILES string of the molecule is COc1ccc(NS(=O)(=O)c2ccc(C)c(C(N)=O)c2)c(OC)c1. The quantitative estimate of drug-likeness (QED) is 0.827. The zero-order chi connectivity index (χ0) is 17.9. The maximum atomic E-state index is 12.6. The van der Waals surface area contributed by atoms with Crippen LogP contribution in [0.5, 0.6) is 11.5 Å². The van der Waals surface area contributed by atoms with Gasteiger partial charge in [0, 0.05) is 11.6 Å². The Morgan fingerprint density at radius 2 is 1.79 bits per heavy atom. The Bertz CT molecular complexity index is 878. The Balaban J connectivity index is 2.42. The number of carbonyl (C=O) groups is 1. The van der Waals surface area contributed by atoms with Gasteiger partial charge in [-0.05, 0) is 36.8 Å². The maximum absolute atomic E-state index is 12.6. The van der Waals surface area contributed by atoms with Gasteiger partial charge < -0.3 is 15.2 Å². The normalized spacial score (nSPS) is 11.0. The lowest BCUT2D eigenvalue weighted by molar-refractivity contribution is 0.0999.